The van der Waals surface area contributed by atoms with Gasteiger partial charge in [-0.2, -0.15) is 0 Å². The van der Waals surface area contributed by atoms with E-state index in [1.807, 2.05) is 7.05 Å². The van der Waals surface area contributed by atoms with Crippen molar-refractivity contribution in [3.05, 3.63) is 79.4 Å². The third kappa shape index (κ3) is 5.24. The molecular formula is C27H24F2N6O2. The molecule has 37 heavy (non-hydrogen) atoms. The summed E-state index contributed by atoms with van der Waals surface area (Å²) in [7, 11) is 2.03. The zero-order valence-electron chi connectivity index (χ0n) is 20.0. The number of hydrogen-bond acceptors (Lipinski definition) is 7. The summed E-state index contributed by atoms with van der Waals surface area (Å²) in [6.07, 6.45) is 6.33. The van der Waals surface area contributed by atoms with Gasteiger partial charge in [-0.1, -0.05) is 12.6 Å². The van der Waals surface area contributed by atoms with Crippen molar-refractivity contribution in [3.63, 3.8) is 0 Å². The number of amides is 1. The highest BCUT2D eigenvalue weighted by molar-refractivity contribution is 6.03. The Morgan fingerprint density at radius 1 is 1.19 bits per heavy atom. The van der Waals surface area contributed by atoms with Gasteiger partial charge >= 0.3 is 0 Å². The maximum Gasteiger partial charge on any atom is 0.247 e. The second kappa shape index (κ2) is 10.3. The topological polar surface area (TPSA) is 92.3 Å². The van der Waals surface area contributed by atoms with Crippen molar-refractivity contribution >= 4 is 34.0 Å². The lowest BCUT2D eigenvalue weighted by Gasteiger charge is -2.18. The van der Waals surface area contributed by atoms with Gasteiger partial charge in [-0.15, -0.1) is 0 Å². The number of rotatable bonds is 7. The third-order valence-electron chi connectivity index (χ3n) is 6.07. The molecule has 2 aromatic heterocycles. The fourth-order valence-electron chi connectivity index (χ4n) is 4.29. The number of carbonyl (C=O) groups is 1. The van der Waals surface area contributed by atoms with E-state index >= 15 is 0 Å². The Kier molecular flexibility index (Phi) is 6.74. The molecule has 2 aromatic carbocycles. The van der Waals surface area contributed by atoms with Crippen molar-refractivity contribution in [1.29, 1.82) is 0 Å². The van der Waals surface area contributed by atoms with Crippen LogP contribution in [0.3, 0.4) is 0 Å². The van der Waals surface area contributed by atoms with E-state index in [1.54, 1.807) is 18.2 Å². The molecule has 0 radical (unpaired) electrons. The molecule has 1 atom stereocenters. The second-order valence-corrected chi connectivity index (χ2v) is 8.76. The van der Waals surface area contributed by atoms with Gasteiger partial charge in [0.05, 0.1) is 28.7 Å². The molecule has 0 unspecified atom stereocenters. The quantitative estimate of drug-likeness (QED) is 0.347. The highest BCUT2D eigenvalue weighted by Crippen LogP contribution is 2.35. The standard InChI is InChI=1S/C27H24F2N6O2/c1-3-25(36)34-23-10-19-22(11-24(23)37-18-7-8-35(2)14-18)31-15-32-27(19)33-17-9-16(12-30-13-17)26-20(28)5-4-6-21(26)29/h3-6,9-13,15,18H,1,7-8,14H2,2H3,(H,34,36)(H,31,32,33)/t18-/m1/s1. The molecule has 5 rings (SSSR count). The zero-order valence-corrected chi connectivity index (χ0v) is 20.0. The van der Waals surface area contributed by atoms with E-state index in [1.165, 1.54) is 43.0 Å². The molecule has 8 nitrogen and oxygen atoms in total. The third-order valence-corrected chi connectivity index (χ3v) is 6.07. The Morgan fingerprint density at radius 3 is 2.73 bits per heavy atom. The lowest BCUT2D eigenvalue weighted by atomic mass is 10.1. The first kappa shape index (κ1) is 24.3. The monoisotopic (exact) mass is 502 g/mol. The summed E-state index contributed by atoms with van der Waals surface area (Å²) in [5, 5.41) is 6.54. The SMILES string of the molecule is C=CC(=O)Nc1cc2c(Nc3cncc(-c4c(F)cccc4F)c3)ncnc2cc1O[C@@H]1CCN(C)C1. The molecule has 1 amide bonds. The lowest BCUT2D eigenvalue weighted by molar-refractivity contribution is -0.111. The van der Waals surface area contributed by atoms with E-state index < -0.39 is 11.6 Å². The van der Waals surface area contributed by atoms with Gasteiger partial charge in [-0.05, 0) is 43.8 Å². The van der Waals surface area contributed by atoms with Gasteiger partial charge in [0, 0.05) is 36.3 Å². The van der Waals surface area contributed by atoms with Gasteiger partial charge in [0.1, 0.15) is 35.6 Å². The fourth-order valence-corrected chi connectivity index (χ4v) is 4.29. The van der Waals surface area contributed by atoms with Crippen LogP contribution in [0.25, 0.3) is 22.0 Å². The maximum absolute atomic E-state index is 14.3. The number of benzene rings is 2. The molecule has 1 saturated heterocycles. The normalized spacial score (nSPS) is 15.5. The molecular weight excluding hydrogens is 478 g/mol. The second-order valence-electron chi connectivity index (χ2n) is 8.76. The molecule has 10 heteroatoms. The number of fused-ring (bicyclic) bond motifs is 1. The summed E-state index contributed by atoms with van der Waals surface area (Å²) in [6.45, 7) is 5.22. The number of halogens is 2. The molecule has 188 valence electrons. The number of ether oxygens (including phenoxy) is 1. The van der Waals surface area contributed by atoms with Crippen LogP contribution in [0.2, 0.25) is 0 Å². The minimum absolute atomic E-state index is 0.0196. The smallest absolute Gasteiger partial charge is 0.247 e. The number of pyridine rings is 1. The molecule has 0 bridgehead atoms. The molecule has 1 fully saturated rings. The van der Waals surface area contributed by atoms with Crippen LogP contribution in [0.1, 0.15) is 6.42 Å². The molecule has 1 aliphatic rings. The van der Waals surface area contributed by atoms with Gasteiger partial charge in [-0.25, -0.2) is 18.7 Å². The van der Waals surface area contributed by atoms with Gasteiger partial charge in [0.25, 0.3) is 0 Å². The Balaban J connectivity index is 1.51. The van der Waals surface area contributed by atoms with Crippen molar-refractivity contribution in [2.45, 2.75) is 12.5 Å². The molecule has 2 N–H and O–H groups in total. The van der Waals surface area contributed by atoms with E-state index in [9.17, 15) is 13.6 Å². The maximum atomic E-state index is 14.3. The molecule has 1 aliphatic heterocycles. The average molecular weight is 503 g/mol. The van der Waals surface area contributed by atoms with E-state index in [4.69, 9.17) is 4.74 Å². The van der Waals surface area contributed by atoms with E-state index in [0.717, 1.165) is 19.5 Å². The molecule has 0 saturated carbocycles. The van der Waals surface area contributed by atoms with Crippen LogP contribution in [0, 0.1) is 11.6 Å². The Bertz CT molecular complexity index is 1480. The first-order valence-corrected chi connectivity index (χ1v) is 11.6. The lowest BCUT2D eigenvalue weighted by Crippen LogP contribution is -2.22. The van der Waals surface area contributed by atoms with Gasteiger partial charge in [-0.3, -0.25) is 9.78 Å². The van der Waals surface area contributed by atoms with Crippen LogP contribution in [-0.2, 0) is 4.79 Å². The minimum Gasteiger partial charge on any atom is -0.487 e. The largest absolute Gasteiger partial charge is 0.487 e. The summed E-state index contributed by atoms with van der Waals surface area (Å²) in [4.78, 5) is 27.2. The number of likely N-dealkylation sites (tertiary alicyclic amines) is 1. The number of nitrogens with one attached hydrogen (secondary N) is 2. The Morgan fingerprint density at radius 2 is 2.00 bits per heavy atom. The van der Waals surface area contributed by atoms with Crippen LogP contribution >= 0.6 is 0 Å². The average Bonchev–Trinajstić information content (AvgIpc) is 3.29. The van der Waals surface area contributed by atoms with E-state index in [-0.39, 0.29) is 23.1 Å². The van der Waals surface area contributed by atoms with Crippen molar-refractivity contribution in [3.8, 4) is 16.9 Å². The molecule has 0 spiro atoms. The van der Waals surface area contributed by atoms with Gasteiger partial charge in [0.2, 0.25) is 5.91 Å². The molecule has 0 aliphatic carbocycles. The van der Waals surface area contributed by atoms with Crippen molar-refractivity contribution in [2.24, 2.45) is 0 Å². The summed E-state index contributed by atoms with van der Waals surface area (Å²) in [5.74, 6) is -0.849. The summed E-state index contributed by atoms with van der Waals surface area (Å²) >= 11 is 0. The number of carbonyl (C=O) groups excluding carboxylic acids is 1. The van der Waals surface area contributed by atoms with E-state index in [2.05, 4.69) is 37.1 Å². The summed E-state index contributed by atoms with van der Waals surface area (Å²) in [5.41, 5.74) is 1.60. The minimum atomic E-state index is -0.685. The van der Waals surface area contributed by atoms with Crippen LogP contribution in [0.4, 0.5) is 26.0 Å². The predicted octanol–water partition coefficient (Wildman–Crippen LogP) is 4.92. The zero-order chi connectivity index (χ0) is 25.9. The summed E-state index contributed by atoms with van der Waals surface area (Å²) < 4.78 is 34.9. The van der Waals surface area contributed by atoms with Crippen LogP contribution in [0.15, 0.2) is 67.8 Å². The fraction of sp³-hybridized carbons (Fsp3) is 0.185. The van der Waals surface area contributed by atoms with Gasteiger partial charge in [0.15, 0.2) is 0 Å². The molecule has 4 aromatic rings. The highest BCUT2D eigenvalue weighted by atomic mass is 19.1. The van der Waals surface area contributed by atoms with Gasteiger partial charge < -0.3 is 20.3 Å². The summed E-state index contributed by atoms with van der Waals surface area (Å²) in [6, 6.07) is 8.75. The first-order valence-electron chi connectivity index (χ1n) is 11.6. The predicted molar refractivity (Wildman–Crippen MR) is 138 cm³/mol. The number of aromatic nitrogens is 3. The molecule has 3 heterocycles. The van der Waals surface area contributed by atoms with Crippen molar-refractivity contribution in [1.82, 2.24) is 19.9 Å². The number of hydrogen-bond donors (Lipinski definition) is 2. The van der Waals surface area contributed by atoms with Crippen LogP contribution in [0.5, 0.6) is 5.75 Å². The highest BCUT2D eigenvalue weighted by Gasteiger charge is 2.23. The van der Waals surface area contributed by atoms with Crippen LogP contribution in [-0.4, -0.2) is 52.0 Å². The Labute approximate surface area is 212 Å². The van der Waals surface area contributed by atoms with E-state index in [0.29, 0.717) is 33.8 Å². The number of likely N-dealkylation sites (N-methyl/N-ethyl adjacent to an activating group) is 1. The van der Waals surface area contributed by atoms with Crippen molar-refractivity contribution < 1.29 is 18.3 Å². The Hall–Kier alpha value is -4.44. The van der Waals surface area contributed by atoms with Crippen molar-refractivity contribution in [2.75, 3.05) is 30.8 Å². The number of nitrogens with zero attached hydrogens (tertiary/aromatic N) is 4. The van der Waals surface area contributed by atoms with Crippen LogP contribution < -0.4 is 15.4 Å². The first-order chi connectivity index (χ1) is 17.9. The number of anilines is 3.